The Bertz CT molecular complexity index is 440. The molecule has 4 nitrogen and oxygen atoms in total. The van der Waals surface area contributed by atoms with E-state index in [0.29, 0.717) is 23.2 Å². The Labute approximate surface area is 121 Å². The molecule has 1 fully saturated rings. The highest BCUT2D eigenvalue weighted by atomic mass is 16.5. The molecule has 0 radical (unpaired) electrons. The monoisotopic (exact) mass is 278 g/mol. The molecule has 0 saturated heterocycles. The van der Waals surface area contributed by atoms with Crippen molar-refractivity contribution in [3.05, 3.63) is 12.1 Å². The standard InChI is InChI=1S/C16H26N2O2/c1-4-11-5-7-12(8-6-11)18-14-10-16(20-3)15(19-2)9-13(14)17/h9-12,18H,4-8,17H2,1-3H3. The molecular formula is C16H26N2O2. The first-order valence-electron chi connectivity index (χ1n) is 7.46. The number of methoxy groups -OCH3 is 2. The van der Waals surface area contributed by atoms with Crippen LogP contribution in [0.15, 0.2) is 12.1 Å². The summed E-state index contributed by atoms with van der Waals surface area (Å²) in [5.74, 6) is 2.28. The fourth-order valence-electron chi connectivity index (χ4n) is 2.95. The largest absolute Gasteiger partial charge is 0.493 e. The van der Waals surface area contributed by atoms with Crippen molar-refractivity contribution in [1.29, 1.82) is 0 Å². The quantitative estimate of drug-likeness (QED) is 0.807. The van der Waals surface area contributed by atoms with Crippen molar-refractivity contribution >= 4 is 11.4 Å². The summed E-state index contributed by atoms with van der Waals surface area (Å²) in [6, 6.07) is 4.26. The summed E-state index contributed by atoms with van der Waals surface area (Å²) < 4.78 is 10.6. The zero-order chi connectivity index (χ0) is 14.5. The van der Waals surface area contributed by atoms with Crippen LogP contribution in [0.5, 0.6) is 11.5 Å². The number of ether oxygens (including phenoxy) is 2. The number of hydrogen-bond donors (Lipinski definition) is 2. The zero-order valence-corrected chi connectivity index (χ0v) is 12.7. The van der Waals surface area contributed by atoms with Crippen LogP contribution in [-0.4, -0.2) is 20.3 Å². The lowest BCUT2D eigenvalue weighted by Gasteiger charge is -2.29. The molecule has 4 heteroatoms. The first kappa shape index (κ1) is 14.8. The fourth-order valence-corrected chi connectivity index (χ4v) is 2.95. The van der Waals surface area contributed by atoms with Gasteiger partial charge in [-0.2, -0.15) is 0 Å². The molecule has 2 rings (SSSR count). The Hall–Kier alpha value is -1.58. The maximum absolute atomic E-state index is 6.09. The van der Waals surface area contributed by atoms with Gasteiger partial charge in [-0.1, -0.05) is 13.3 Å². The second kappa shape index (κ2) is 6.73. The molecule has 0 aromatic heterocycles. The van der Waals surface area contributed by atoms with Crippen LogP contribution in [-0.2, 0) is 0 Å². The van der Waals surface area contributed by atoms with Gasteiger partial charge in [0.1, 0.15) is 0 Å². The summed E-state index contributed by atoms with van der Waals surface area (Å²) in [6.45, 7) is 2.28. The molecular weight excluding hydrogens is 252 g/mol. The Morgan fingerprint density at radius 2 is 1.70 bits per heavy atom. The molecule has 3 N–H and O–H groups in total. The molecule has 0 aliphatic heterocycles. The summed E-state index contributed by atoms with van der Waals surface area (Å²) in [5, 5.41) is 3.56. The van der Waals surface area contributed by atoms with E-state index in [1.165, 1.54) is 32.1 Å². The van der Waals surface area contributed by atoms with Crippen LogP contribution >= 0.6 is 0 Å². The molecule has 0 heterocycles. The van der Waals surface area contributed by atoms with E-state index in [1.54, 1.807) is 14.2 Å². The van der Waals surface area contributed by atoms with Gasteiger partial charge in [-0.15, -0.1) is 0 Å². The summed E-state index contributed by atoms with van der Waals surface area (Å²) >= 11 is 0. The number of nitrogen functional groups attached to an aromatic ring is 1. The normalized spacial score (nSPS) is 22.4. The minimum Gasteiger partial charge on any atom is -0.493 e. The Morgan fingerprint density at radius 3 is 2.25 bits per heavy atom. The molecule has 1 aromatic carbocycles. The van der Waals surface area contributed by atoms with E-state index in [0.717, 1.165) is 11.6 Å². The predicted molar refractivity (Wildman–Crippen MR) is 83.6 cm³/mol. The SMILES string of the molecule is CCC1CCC(Nc2cc(OC)c(OC)cc2N)CC1. The van der Waals surface area contributed by atoms with Gasteiger partial charge in [-0.3, -0.25) is 0 Å². The second-order valence-corrected chi connectivity index (χ2v) is 5.56. The van der Waals surface area contributed by atoms with Gasteiger partial charge in [0.15, 0.2) is 11.5 Å². The van der Waals surface area contributed by atoms with Gasteiger partial charge in [0.2, 0.25) is 0 Å². The number of nitrogens with one attached hydrogen (secondary N) is 1. The summed E-state index contributed by atoms with van der Waals surface area (Å²) in [5.41, 5.74) is 7.75. The van der Waals surface area contributed by atoms with Crippen LogP contribution in [0.25, 0.3) is 0 Å². The van der Waals surface area contributed by atoms with Crippen molar-refractivity contribution in [3.63, 3.8) is 0 Å². The third kappa shape index (κ3) is 3.30. The lowest BCUT2D eigenvalue weighted by atomic mass is 9.84. The van der Waals surface area contributed by atoms with Crippen molar-refractivity contribution in [1.82, 2.24) is 0 Å². The molecule has 0 unspecified atom stereocenters. The first-order valence-corrected chi connectivity index (χ1v) is 7.46. The second-order valence-electron chi connectivity index (χ2n) is 5.56. The number of benzene rings is 1. The van der Waals surface area contributed by atoms with E-state index in [2.05, 4.69) is 12.2 Å². The summed E-state index contributed by atoms with van der Waals surface area (Å²) in [4.78, 5) is 0. The van der Waals surface area contributed by atoms with Crippen LogP contribution in [0.4, 0.5) is 11.4 Å². The summed E-state index contributed by atoms with van der Waals surface area (Å²) in [6.07, 6.45) is 6.34. The zero-order valence-electron chi connectivity index (χ0n) is 12.7. The molecule has 0 amide bonds. The van der Waals surface area contributed by atoms with Gasteiger partial charge in [0, 0.05) is 18.2 Å². The molecule has 1 aliphatic rings. The average molecular weight is 278 g/mol. The van der Waals surface area contributed by atoms with Gasteiger partial charge >= 0.3 is 0 Å². The topological polar surface area (TPSA) is 56.5 Å². The molecule has 20 heavy (non-hydrogen) atoms. The van der Waals surface area contributed by atoms with E-state index in [4.69, 9.17) is 15.2 Å². The van der Waals surface area contributed by atoms with E-state index < -0.39 is 0 Å². The van der Waals surface area contributed by atoms with E-state index in [9.17, 15) is 0 Å². The third-order valence-electron chi connectivity index (χ3n) is 4.34. The molecule has 112 valence electrons. The van der Waals surface area contributed by atoms with E-state index in [1.807, 2.05) is 12.1 Å². The van der Waals surface area contributed by atoms with Gasteiger partial charge < -0.3 is 20.5 Å². The van der Waals surface area contributed by atoms with Gasteiger partial charge in [-0.25, -0.2) is 0 Å². The third-order valence-corrected chi connectivity index (χ3v) is 4.34. The number of anilines is 2. The van der Waals surface area contributed by atoms with E-state index >= 15 is 0 Å². The van der Waals surface area contributed by atoms with Gasteiger partial charge in [0.25, 0.3) is 0 Å². The summed E-state index contributed by atoms with van der Waals surface area (Å²) in [7, 11) is 3.26. The van der Waals surface area contributed by atoms with Gasteiger partial charge in [-0.05, 0) is 31.6 Å². The van der Waals surface area contributed by atoms with E-state index in [-0.39, 0.29) is 0 Å². The number of rotatable bonds is 5. The lowest BCUT2D eigenvalue weighted by Crippen LogP contribution is -2.26. The number of hydrogen-bond acceptors (Lipinski definition) is 4. The van der Waals surface area contributed by atoms with Crippen LogP contribution < -0.4 is 20.5 Å². The van der Waals surface area contributed by atoms with Crippen LogP contribution in [0, 0.1) is 5.92 Å². The average Bonchev–Trinajstić information content (AvgIpc) is 2.49. The fraction of sp³-hybridized carbons (Fsp3) is 0.625. The highest BCUT2D eigenvalue weighted by Gasteiger charge is 2.21. The predicted octanol–water partition coefficient (Wildman–Crippen LogP) is 3.67. The smallest absolute Gasteiger partial charge is 0.162 e. The van der Waals surface area contributed by atoms with Crippen LogP contribution in [0.3, 0.4) is 0 Å². The Kier molecular flexibility index (Phi) is 4.99. The first-order chi connectivity index (χ1) is 9.67. The maximum Gasteiger partial charge on any atom is 0.162 e. The molecule has 0 atom stereocenters. The van der Waals surface area contributed by atoms with Gasteiger partial charge in [0.05, 0.1) is 25.6 Å². The highest BCUT2D eigenvalue weighted by molar-refractivity contribution is 5.72. The Balaban J connectivity index is 2.06. The molecule has 0 spiro atoms. The van der Waals surface area contributed by atoms with Crippen molar-refractivity contribution in [2.75, 3.05) is 25.3 Å². The van der Waals surface area contributed by atoms with Crippen molar-refractivity contribution < 1.29 is 9.47 Å². The Morgan fingerprint density at radius 1 is 1.10 bits per heavy atom. The molecule has 1 aromatic rings. The van der Waals surface area contributed by atoms with Crippen LogP contribution in [0.2, 0.25) is 0 Å². The highest BCUT2D eigenvalue weighted by Crippen LogP contribution is 2.36. The van der Waals surface area contributed by atoms with Crippen molar-refractivity contribution in [3.8, 4) is 11.5 Å². The number of nitrogens with two attached hydrogens (primary N) is 1. The van der Waals surface area contributed by atoms with Crippen LogP contribution in [0.1, 0.15) is 39.0 Å². The molecule has 0 bridgehead atoms. The maximum atomic E-state index is 6.09. The minimum atomic E-state index is 0.512. The molecule has 1 saturated carbocycles. The molecule has 1 aliphatic carbocycles. The minimum absolute atomic E-state index is 0.512. The lowest BCUT2D eigenvalue weighted by molar-refractivity contribution is 0.330. The van der Waals surface area contributed by atoms with Crippen molar-refractivity contribution in [2.24, 2.45) is 5.92 Å². The van der Waals surface area contributed by atoms with Crippen molar-refractivity contribution in [2.45, 2.75) is 45.1 Å².